The fourth-order valence-corrected chi connectivity index (χ4v) is 3.21. The number of imidazole rings is 1. The monoisotopic (exact) mass is 306 g/mol. The van der Waals surface area contributed by atoms with E-state index in [9.17, 15) is 0 Å². The number of hydrogen-bond donors (Lipinski definition) is 0. The lowest BCUT2D eigenvalue weighted by molar-refractivity contribution is 0.181. The van der Waals surface area contributed by atoms with E-state index in [2.05, 4.69) is 31.7 Å². The number of hydrogen-bond acceptors (Lipinski definition) is 4. The van der Waals surface area contributed by atoms with Crippen LogP contribution in [0.3, 0.4) is 0 Å². The van der Waals surface area contributed by atoms with Gasteiger partial charge in [0.15, 0.2) is 0 Å². The van der Waals surface area contributed by atoms with E-state index in [0.717, 1.165) is 31.0 Å². The van der Waals surface area contributed by atoms with Crippen LogP contribution in [0.4, 0.5) is 0 Å². The Kier molecular flexibility index (Phi) is 3.86. The van der Waals surface area contributed by atoms with Crippen molar-refractivity contribution in [2.24, 2.45) is 5.92 Å². The highest BCUT2D eigenvalue weighted by atomic mass is 16.5. The molecule has 1 fully saturated rings. The van der Waals surface area contributed by atoms with E-state index in [1.807, 2.05) is 43.1 Å². The predicted octanol–water partition coefficient (Wildman–Crippen LogP) is 2.77. The first kappa shape index (κ1) is 14.1. The molecule has 4 heterocycles. The number of nitrogens with zero attached hydrogens (tertiary/aromatic N) is 4. The Morgan fingerprint density at radius 2 is 1.96 bits per heavy atom. The Morgan fingerprint density at radius 1 is 1.04 bits per heavy atom. The van der Waals surface area contributed by atoms with Crippen LogP contribution in [0.1, 0.15) is 11.6 Å². The number of aromatic nitrogens is 4. The SMILES string of the molecule is c1cncc(-c2nccn2[C@@H]2COC[C@@H]2Cc2ccncc2)c1. The molecular formula is C18H18N4O. The van der Waals surface area contributed by atoms with Gasteiger partial charge in [-0.2, -0.15) is 0 Å². The number of ether oxygens (including phenoxy) is 1. The fourth-order valence-electron chi connectivity index (χ4n) is 3.21. The van der Waals surface area contributed by atoms with Gasteiger partial charge in [0.2, 0.25) is 0 Å². The quantitative estimate of drug-likeness (QED) is 0.744. The van der Waals surface area contributed by atoms with E-state index >= 15 is 0 Å². The molecule has 0 N–H and O–H groups in total. The van der Waals surface area contributed by atoms with E-state index in [0.29, 0.717) is 12.0 Å². The Hall–Kier alpha value is -2.53. The maximum absolute atomic E-state index is 5.78. The van der Waals surface area contributed by atoms with Crippen LogP contribution in [0.25, 0.3) is 11.4 Å². The lowest BCUT2D eigenvalue weighted by Crippen LogP contribution is -2.20. The zero-order valence-electron chi connectivity index (χ0n) is 12.7. The molecule has 0 spiro atoms. The zero-order valence-corrected chi connectivity index (χ0v) is 12.7. The van der Waals surface area contributed by atoms with Crippen LogP contribution in [0.15, 0.2) is 61.4 Å². The standard InChI is InChI=1S/C18H18N4O/c1-2-15(11-20-5-1)18-21-8-9-22(18)17-13-23-12-16(17)10-14-3-6-19-7-4-14/h1-9,11,16-17H,10,12-13H2/t16-,17+/m0/s1. The Morgan fingerprint density at radius 3 is 2.78 bits per heavy atom. The van der Waals surface area contributed by atoms with Gasteiger partial charge in [-0.1, -0.05) is 0 Å². The third-order valence-corrected chi connectivity index (χ3v) is 4.36. The van der Waals surface area contributed by atoms with Gasteiger partial charge in [0, 0.05) is 48.7 Å². The highest BCUT2D eigenvalue weighted by Gasteiger charge is 2.31. The highest BCUT2D eigenvalue weighted by molar-refractivity contribution is 5.53. The van der Waals surface area contributed by atoms with Crippen LogP contribution in [-0.2, 0) is 11.2 Å². The average molecular weight is 306 g/mol. The van der Waals surface area contributed by atoms with E-state index in [1.165, 1.54) is 5.56 Å². The first-order chi connectivity index (χ1) is 11.4. The molecule has 0 aromatic carbocycles. The summed E-state index contributed by atoms with van der Waals surface area (Å²) in [6.07, 6.45) is 12.2. The molecule has 3 aromatic heterocycles. The van der Waals surface area contributed by atoms with Gasteiger partial charge in [0.05, 0.1) is 19.3 Å². The minimum atomic E-state index is 0.292. The molecular weight excluding hydrogens is 288 g/mol. The van der Waals surface area contributed by atoms with Crippen LogP contribution in [0.5, 0.6) is 0 Å². The summed E-state index contributed by atoms with van der Waals surface area (Å²) in [4.78, 5) is 12.8. The smallest absolute Gasteiger partial charge is 0.141 e. The summed E-state index contributed by atoms with van der Waals surface area (Å²) in [7, 11) is 0. The van der Waals surface area contributed by atoms with Gasteiger partial charge in [-0.25, -0.2) is 4.98 Å². The second-order valence-electron chi connectivity index (χ2n) is 5.82. The van der Waals surface area contributed by atoms with Crippen molar-refractivity contribution in [3.05, 3.63) is 67.0 Å². The first-order valence-electron chi connectivity index (χ1n) is 7.81. The summed E-state index contributed by atoms with van der Waals surface area (Å²) in [5, 5.41) is 0. The van der Waals surface area contributed by atoms with Crippen molar-refractivity contribution < 1.29 is 4.74 Å². The van der Waals surface area contributed by atoms with Gasteiger partial charge in [0.25, 0.3) is 0 Å². The largest absolute Gasteiger partial charge is 0.379 e. The Labute approximate surface area is 135 Å². The van der Waals surface area contributed by atoms with Crippen molar-refractivity contribution >= 4 is 0 Å². The van der Waals surface area contributed by atoms with Crippen molar-refractivity contribution in [1.82, 2.24) is 19.5 Å². The van der Waals surface area contributed by atoms with Crippen LogP contribution in [-0.4, -0.2) is 32.7 Å². The maximum atomic E-state index is 5.78. The maximum Gasteiger partial charge on any atom is 0.141 e. The molecule has 0 saturated carbocycles. The molecule has 23 heavy (non-hydrogen) atoms. The lowest BCUT2D eigenvalue weighted by atomic mass is 9.95. The number of rotatable bonds is 4. The van der Waals surface area contributed by atoms with Crippen LogP contribution in [0, 0.1) is 5.92 Å². The molecule has 116 valence electrons. The molecule has 0 radical (unpaired) electrons. The second-order valence-corrected chi connectivity index (χ2v) is 5.82. The Balaban J connectivity index is 1.61. The third-order valence-electron chi connectivity index (χ3n) is 4.36. The summed E-state index contributed by atoms with van der Waals surface area (Å²) in [5.41, 5.74) is 2.33. The molecule has 3 aromatic rings. The molecule has 1 aliphatic rings. The highest BCUT2D eigenvalue weighted by Crippen LogP contribution is 2.32. The van der Waals surface area contributed by atoms with Gasteiger partial charge in [0.1, 0.15) is 5.82 Å². The van der Waals surface area contributed by atoms with E-state index in [1.54, 1.807) is 6.20 Å². The molecule has 0 unspecified atom stereocenters. The predicted molar refractivity (Wildman–Crippen MR) is 86.7 cm³/mol. The first-order valence-corrected chi connectivity index (χ1v) is 7.81. The lowest BCUT2D eigenvalue weighted by Gasteiger charge is -2.21. The molecule has 1 saturated heterocycles. The normalized spacial score (nSPS) is 20.7. The van der Waals surface area contributed by atoms with Gasteiger partial charge in [-0.05, 0) is 36.2 Å². The van der Waals surface area contributed by atoms with E-state index in [-0.39, 0.29) is 0 Å². The summed E-state index contributed by atoms with van der Waals surface area (Å²) in [6.45, 7) is 1.50. The molecule has 0 bridgehead atoms. The molecule has 0 amide bonds. The summed E-state index contributed by atoms with van der Waals surface area (Å²) < 4.78 is 8.01. The molecule has 1 aliphatic heterocycles. The van der Waals surface area contributed by atoms with Crippen LogP contribution >= 0.6 is 0 Å². The zero-order chi connectivity index (χ0) is 15.5. The summed E-state index contributed by atoms with van der Waals surface area (Å²) >= 11 is 0. The third kappa shape index (κ3) is 2.87. The molecule has 0 aliphatic carbocycles. The van der Waals surface area contributed by atoms with Crippen molar-refractivity contribution in [3.63, 3.8) is 0 Å². The van der Waals surface area contributed by atoms with E-state index in [4.69, 9.17) is 4.74 Å². The van der Waals surface area contributed by atoms with Crippen LogP contribution in [0.2, 0.25) is 0 Å². The minimum Gasteiger partial charge on any atom is -0.379 e. The molecule has 5 heteroatoms. The summed E-state index contributed by atoms with van der Waals surface area (Å²) in [6, 6.07) is 8.42. The van der Waals surface area contributed by atoms with Crippen molar-refractivity contribution in [2.75, 3.05) is 13.2 Å². The van der Waals surface area contributed by atoms with Crippen molar-refractivity contribution in [3.8, 4) is 11.4 Å². The Bertz CT molecular complexity index is 757. The van der Waals surface area contributed by atoms with Gasteiger partial charge in [-0.3, -0.25) is 9.97 Å². The summed E-state index contributed by atoms with van der Waals surface area (Å²) in [5.74, 6) is 1.38. The topological polar surface area (TPSA) is 52.8 Å². The van der Waals surface area contributed by atoms with Crippen molar-refractivity contribution in [2.45, 2.75) is 12.5 Å². The van der Waals surface area contributed by atoms with Gasteiger partial charge in [-0.15, -0.1) is 0 Å². The van der Waals surface area contributed by atoms with Gasteiger partial charge < -0.3 is 9.30 Å². The molecule has 4 rings (SSSR count). The second kappa shape index (κ2) is 6.30. The molecule has 2 atom stereocenters. The van der Waals surface area contributed by atoms with Gasteiger partial charge >= 0.3 is 0 Å². The average Bonchev–Trinajstić information content (AvgIpc) is 3.25. The minimum absolute atomic E-state index is 0.292. The fraction of sp³-hybridized carbons (Fsp3) is 0.278. The van der Waals surface area contributed by atoms with Crippen LogP contribution < -0.4 is 0 Å². The number of pyridine rings is 2. The van der Waals surface area contributed by atoms with Crippen molar-refractivity contribution in [1.29, 1.82) is 0 Å². The van der Waals surface area contributed by atoms with E-state index < -0.39 is 0 Å². The molecule has 5 nitrogen and oxygen atoms in total.